The molecule has 5 rings (SSSR count). The van der Waals surface area contributed by atoms with Crippen LogP contribution in [0.5, 0.6) is 5.75 Å². The first-order chi connectivity index (χ1) is 17.1. The molecule has 1 aliphatic heterocycles. The molecule has 5 nitrogen and oxygen atoms in total. The number of aromatic hydroxyl groups is 1. The van der Waals surface area contributed by atoms with Crippen molar-refractivity contribution in [1.29, 1.82) is 0 Å². The minimum Gasteiger partial charge on any atom is -0.508 e. The number of rotatable bonds is 7. The summed E-state index contributed by atoms with van der Waals surface area (Å²) in [6.07, 6.45) is 2.97. The first-order valence-electron chi connectivity index (χ1n) is 12.5. The van der Waals surface area contributed by atoms with Crippen LogP contribution in [-0.4, -0.2) is 51.5 Å². The molecule has 0 bridgehead atoms. The Kier molecular flexibility index (Phi) is 6.87. The number of nitrogens with one attached hydrogen (secondary N) is 1. The average molecular weight is 468 g/mol. The Bertz CT molecular complexity index is 1280. The molecule has 0 saturated carbocycles. The second-order valence-electron chi connectivity index (χ2n) is 9.58. The molecule has 35 heavy (non-hydrogen) atoms. The van der Waals surface area contributed by atoms with E-state index in [-0.39, 0.29) is 17.7 Å². The molecule has 1 aliphatic rings. The van der Waals surface area contributed by atoms with E-state index in [1.807, 2.05) is 31.2 Å². The highest BCUT2D eigenvalue weighted by Gasteiger charge is 2.31. The van der Waals surface area contributed by atoms with Crippen molar-refractivity contribution in [3.8, 4) is 5.75 Å². The Morgan fingerprint density at radius 1 is 0.971 bits per heavy atom. The maximum atomic E-state index is 14.1. The highest BCUT2D eigenvalue weighted by Crippen LogP contribution is 2.29. The Morgan fingerprint density at radius 2 is 1.63 bits per heavy atom. The van der Waals surface area contributed by atoms with Gasteiger partial charge < -0.3 is 19.9 Å². The summed E-state index contributed by atoms with van der Waals surface area (Å²) in [4.78, 5) is 22.0. The highest BCUT2D eigenvalue weighted by molar-refractivity contribution is 6.08. The molecule has 1 fully saturated rings. The SMILES string of the molecule is Cc1[nH]c2ccc(O)cc2c1C(=O)N(Cc1ccccc1)C1CCN(CCc2ccccc2)CC1. The zero-order chi connectivity index (χ0) is 24.2. The van der Waals surface area contributed by atoms with Gasteiger partial charge in [0.05, 0.1) is 5.56 Å². The molecular formula is C30H33N3O2. The third-order valence-electron chi connectivity index (χ3n) is 7.20. The van der Waals surface area contributed by atoms with E-state index in [1.54, 1.807) is 12.1 Å². The quantitative estimate of drug-likeness (QED) is 0.376. The monoisotopic (exact) mass is 467 g/mol. The second-order valence-corrected chi connectivity index (χ2v) is 9.58. The normalized spacial score (nSPS) is 14.9. The molecule has 2 heterocycles. The van der Waals surface area contributed by atoms with Crippen molar-refractivity contribution in [3.05, 3.63) is 101 Å². The van der Waals surface area contributed by atoms with Crippen molar-refractivity contribution < 1.29 is 9.90 Å². The number of likely N-dealkylation sites (tertiary alicyclic amines) is 1. The summed E-state index contributed by atoms with van der Waals surface area (Å²) in [5, 5.41) is 10.9. The van der Waals surface area contributed by atoms with Crippen molar-refractivity contribution >= 4 is 16.8 Å². The zero-order valence-corrected chi connectivity index (χ0v) is 20.3. The molecule has 5 heteroatoms. The summed E-state index contributed by atoms with van der Waals surface area (Å²) in [6.45, 7) is 5.55. The Balaban J connectivity index is 1.35. The molecule has 0 aliphatic carbocycles. The molecule has 0 atom stereocenters. The third kappa shape index (κ3) is 5.25. The molecule has 0 unspecified atom stereocenters. The lowest BCUT2D eigenvalue weighted by Crippen LogP contribution is -2.47. The van der Waals surface area contributed by atoms with Crippen LogP contribution < -0.4 is 0 Å². The van der Waals surface area contributed by atoms with Gasteiger partial charge in [-0.25, -0.2) is 0 Å². The Morgan fingerprint density at radius 3 is 2.31 bits per heavy atom. The number of fused-ring (bicyclic) bond motifs is 1. The first-order valence-corrected chi connectivity index (χ1v) is 12.5. The number of benzene rings is 3. The number of phenols is 1. The van der Waals surface area contributed by atoms with Crippen molar-refractivity contribution in [2.24, 2.45) is 0 Å². The van der Waals surface area contributed by atoms with E-state index >= 15 is 0 Å². The number of nitrogens with zero attached hydrogens (tertiary/aromatic N) is 2. The van der Waals surface area contributed by atoms with E-state index in [4.69, 9.17) is 0 Å². The fraction of sp³-hybridized carbons (Fsp3) is 0.300. The van der Waals surface area contributed by atoms with Gasteiger partial charge in [-0.1, -0.05) is 60.7 Å². The number of hydrogen-bond donors (Lipinski definition) is 2. The van der Waals surface area contributed by atoms with Gasteiger partial charge in [0.25, 0.3) is 5.91 Å². The fourth-order valence-corrected chi connectivity index (χ4v) is 5.27. The van der Waals surface area contributed by atoms with Gasteiger partial charge >= 0.3 is 0 Å². The van der Waals surface area contributed by atoms with Gasteiger partial charge in [-0.15, -0.1) is 0 Å². The lowest BCUT2D eigenvalue weighted by atomic mass is 9.99. The molecule has 3 aromatic carbocycles. The number of phenolic OH excluding ortho intramolecular Hbond substituents is 1. The van der Waals surface area contributed by atoms with Crippen LogP contribution in [0.3, 0.4) is 0 Å². The summed E-state index contributed by atoms with van der Waals surface area (Å²) in [5.74, 6) is 0.206. The largest absolute Gasteiger partial charge is 0.508 e. The number of carbonyl (C=O) groups excluding carboxylic acids is 1. The van der Waals surface area contributed by atoms with E-state index in [0.717, 1.165) is 61.1 Å². The van der Waals surface area contributed by atoms with Crippen molar-refractivity contribution in [2.75, 3.05) is 19.6 Å². The fourth-order valence-electron chi connectivity index (χ4n) is 5.27. The molecule has 180 valence electrons. The molecule has 1 aromatic heterocycles. The van der Waals surface area contributed by atoms with Gasteiger partial charge in [0, 0.05) is 48.8 Å². The second kappa shape index (κ2) is 10.4. The number of H-pyrrole nitrogens is 1. The van der Waals surface area contributed by atoms with Gasteiger partial charge in [-0.2, -0.15) is 0 Å². The molecular weight excluding hydrogens is 434 g/mol. The summed E-state index contributed by atoms with van der Waals surface area (Å²) >= 11 is 0. The van der Waals surface area contributed by atoms with Crippen LogP contribution >= 0.6 is 0 Å². The third-order valence-corrected chi connectivity index (χ3v) is 7.20. The van der Waals surface area contributed by atoms with Gasteiger partial charge in [0.1, 0.15) is 5.75 Å². The number of aromatic nitrogens is 1. The number of hydrogen-bond acceptors (Lipinski definition) is 3. The van der Waals surface area contributed by atoms with Crippen LogP contribution in [0.25, 0.3) is 10.9 Å². The molecule has 1 saturated heterocycles. The zero-order valence-electron chi connectivity index (χ0n) is 20.3. The number of carbonyl (C=O) groups is 1. The minimum absolute atomic E-state index is 0.0333. The molecule has 2 N–H and O–H groups in total. The van der Waals surface area contributed by atoms with Gasteiger partial charge in [-0.05, 0) is 55.5 Å². The topological polar surface area (TPSA) is 59.6 Å². The molecule has 1 amide bonds. The lowest BCUT2D eigenvalue weighted by Gasteiger charge is -2.39. The van der Waals surface area contributed by atoms with E-state index in [1.165, 1.54) is 5.56 Å². The maximum Gasteiger partial charge on any atom is 0.256 e. The van der Waals surface area contributed by atoms with Gasteiger partial charge in [0.15, 0.2) is 0 Å². The van der Waals surface area contributed by atoms with Crippen LogP contribution in [-0.2, 0) is 13.0 Å². The van der Waals surface area contributed by atoms with E-state index in [0.29, 0.717) is 12.1 Å². The lowest BCUT2D eigenvalue weighted by molar-refractivity contribution is 0.0552. The Labute approximate surface area is 207 Å². The van der Waals surface area contributed by atoms with Crippen LogP contribution in [0.1, 0.15) is 40.0 Å². The predicted molar refractivity (Wildman–Crippen MR) is 141 cm³/mol. The van der Waals surface area contributed by atoms with E-state index < -0.39 is 0 Å². The van der Waals surface area contributed by atoms with Gasteiger partial charge in [0.2, 0.25) is 0 Å². The summed E-state index contributed by atoms with van der Waals surface area (Å²) in [6, 6.07) is 26.2. The van der Waals surface area contributed by atoms with Crippen molar-refractivity contribution in [3.63, 3.8) is 0 Å². The van der Waals surface area contributed by atoms with Crippen LogP contribution in [0.15, 0.2) is 78.9 Å². The smallest absolute Gasteiger partial charge is 0.256 e. The number of aryl methyl sites for hydroxylation is 1. The number of amides is 1. The average Bonchev–Trinajstić information content (AvgIpc) is 3.22. The molecule has 0 radical (unpaired) electrons. The van der Waals surface area contributed by atoms with Crippen molar-refractivity contribution in [1.82, 2.24) is 14.8 Å². The number of aromatic amines is 1. The van der Waals surface area contributed by atoms with Gasteiger partial charge in [-0.3, -0.25) is 4.79 Å². The maximum absolute atomic E-state index is 14.1. The molecule has 4 aromatic rings. The summed E-state index contributed by atoms with van der Waals surface area (Å²) < 4.78 is 0. The van der Waals surface area contributed by atoms with Crippen LogP contribution in [0.4, 0.5) is 0 Å². The minimum atomic E-state index is 0.0333. The first kappa shape index (κ1) is 23.2. The van der Waals surface area contributed by atoms with Crippen LogP contribution in [0, 0.1) is 6.92 Å². The van der Waals surface area contributed by atoms with E-state index in [9.17, 15) is 9.90 Å². The standard InChI is InChI=1S/C30H33N3O2/c1-22-29(27-20-26(34)12-13-28(27)31-22)30(35)33(21-24-10-6-3-7-11-24)25-15-18-32(19-16-25)17-14-23-8-4-2-5-9-23/h2-13,20,25,31,34H,14-19,21H2,1H3. The molecule has 0 spiro atoms. The van der Waals surface area contributed by atoms with Crippen molar-refractivity contribution in [2.45, 2.75) is 38.8 Å². The van der Waals surface area contributed by atoms with Crippen LogP contribution in [0.2, 0.25) is 0 Å². The predicted octanol–water partition coefficient (Wildman–Crippen LogP) is 5.53. The summed E-state index contributed by atoms with van der Waals surface area (Å²) in [5.41, 5.74) is 4.88. The summed E-state index contributed by atoms with van der Waals surface area (Å²) in [7, 11) is 0. The Hall–Kier alpha value is -3.57. The number of piperidine rings is 1. The highest BCUT2D eigenvalue weighted by atomic mass is 16.3. The van der Waals surface area contributed by atoms with E-state index in [2.05, 4.69) is 57.2 Å².